The van der Waals surface area contributed by atoms with Crippen molar-refractivity contribution in [2.24, 2.45) is 0 Å². The Kier molecular flexibility index (Phi) is 5.38. The Balaban J connectivity index is 1.88. The lowest BCUT2D eigenvalue weighted by molar-refractivity contribution is 0.102. The molecule has 5 nitrogen and oxygen atoms in total. The van der Waals surface area contributed by atoms with E-state index in [2.05, 4.69) is 37.2 Å². The molecule has 9 heteroatoms. The number of anilines is 3. The lowest BCUT2D eigenvalue weighted by Crippen LogP contribution is -2.27. The average molecular weight is 429 g/mol. The molecule has 0 spiro atoms. The van der Waals surface area contributed by atoms with Gasteiger partial charge in [-0.25, -0.2) is 13.2 Å². The molecule has 1 heterocycles. The first-order valence-corrected chi connectivity index (χ1v) is 8.66. The van der Waals surface area contributed by atoms with Gasteiger partial charge in [0, 0.05) is 5.69 Å². The molecule has 4 N–H and O–H groups in total. The molecule has 2 aromatic carbocycles. The minimum atomic E-state index is -1.13. The summed E-state index contributed by atoms with van der Waals surface area (Å²) in [6.45, 7) is 0.647. The molecule has 0 fully saturated rings. The first kappa shape index (κ1) is 18.5. The Labute approximate surface area is 156 Å². The van der Waals surface area contributed by atoms with E-state index in [0.717, 1.165) is 6.07 Å². The number of fused-ring (bicyclic) bond motifs is 1. The van der Waals surface area contributed by atoms with Crippen LogP contribution < -0.4 is 21.3 Å². The predicted molar refractivity (Wildman–Crippen MR) is 98.0 cm³/mol. The van der Waals surface area contributed by atoms with Crippen molar-refractivity contribution in [3.8, 4) is 0 Å². The summed E-state index contributed by atoms with van der Waals surface area (Å²) in [7, 11) is 1.78. The minimum Gasteiger partial charge on any atom is -0.363 e. The van der Waals surface area contributed by atoms with Gasteiger partial charge in [0.25, 0.3) is 5.91 Å². The quantitative estimate of drug-likeness (QED) is 0.583. The molecule has 1 aliphatic rings. The van der Waals surface area contributed by atoms with Gasteiger partial charge < -0.3 is 21.3 Å². The molecular weight excluding hydrogens is 413 g/mol. The molecule has 1 atom stereocenters. The van der Waals surface area contributed by atoms with Crippen molar-refractivity contribution in [1.29, 1.82) is 0 Å². The second kappa shape index (κ2) is 7.55. The molecule has 3 rings (SSSR count). The van der Waals surface area contributed by atoms with Crippen LogP contribution in [0, 0.1) is 17.5 Å². The van der Waals surface area contributed by atoms with E-state index < -0.39 is 23.4 Å². The summed E-state index contributed by atoms with van der Waals surface area (Å²) in [4.78, 5) is 12.6. The van der Waals surface area contributed by atoms with Crippen LogP contribution in [-0.2, 0) is 0 Å². The van der Waals surface area contributed by atoms with Gasteiger partial charge in [-0.2, -0.15) is 0 Å². The van der Waals surface area contributed by atoms with Gasteiger partial charge in [-0.1, -0.05) is 0 Å². The topological polar surface area (TPSA) is 65.2 Å². The van der Waals surface area contributed by atoms with Crippen molar-refractivity contribution in [2.45, 2.75) is 12.6 Å². The number of benzene rings is 2. The van der Waals surface area contributed by atoms with Crippen molar-refractivity contribution in [3.63, 3.8) is 0 Å². The molecule has 26 heavy (non-hydrogen) atoms. The number of carbonyl (C=O) groups excluding carboxylic acids is 1. The van der Waals surface area contributed by atoms with Crippen LogP contribution >= 0.6 is 15.9 Å². The van der Waals surface area contributed by atoms with Crippen LogP contribution in [0.3, 0.4) is 0 Å². The Bertz CT molecular complexity index is 862. The lowest BCUT2D eigenvalue weighted by Gasteiger charge is -2.12. The van der Waals surface area contributed by atoms with E-state index in [9.17, 15) is 18.0 Å². The fourth-order valence-electron chi connectivity index (χ4n) is 2.68. The van der Waals surface area contributed by atoms with Gasteiger partial charge in [0.1, 0.15) is 5.82 Å². The number of rotatable bonds is 5. The van der Waals surface area contributed by atoms with E-state index in [4.69, 9.17) is 0 Å². The molecule has 0 aliphatic carbocycles. The summed E-state index contributed by atoms with van der Waals surface area (Å²) < 4.78 is 41.5. The second-order valence-electron chi connectivity index (χ2n) is 5.79. The highest BCUT2D eigenvalue weighted by Gasteiger charge is 2.30. The fourth-order valence-corrected chi connectivity index (χ4v) is 3.06. The standard InChI is InChI=1S/C17H16BrF3N4O/c1-22-5-4-13-24-15-9(7-12(20)14(21)16(15)25-13)17(26)23-8-2-3-11(19)10(18)6-8/h2-3,6-7,13,22,24-25H,4-5H2,1H3,(H,23,26). The zero-order valence-corrected chi connectivity index (χ0v) is 15.3. The Hall–Kier alpha value is -2.26. The largest absolute Gasteiger partial charge is 0.363 e. The molecule has 0 radical (unpaired) electrons. The molecule has 1 amide bonds. The Morgan fingerprint density at radius 2 is 1.88 bits per heavy atom. The number of hydrogen-bond acceptors (Lipinski definition) is 4. The third kappa shape index (κ3) is 3.63. The summed E-state index contributed by atoms with van der Waals surface area (Å²) in [5, 5.41) is 11.4. The normalized spacial score (nSPS) is 15.2. The van der Waals surface area contributed by atoms with E-state index in [1.54, 1.807) is 7.05 Å². The number of carbonyl (C=O) groups is 1. The summed E-state index contributed by atoms with van der Waals surface area (Å²) >= 11 is 3.03. The van der Waals surface area contributed by atoms with E-state index in [1.165, 1.54) is 18.2 Å². The van der Waals surface area contributed by atoms with Gasteiger partial charge >= 0.3 is 0 Å². The van der Waals surface area contributed by atoms with Crippen LogP contribution in [0.4, 0.5) is 30.2 Å². The summed E-state index contributed by atoms with van der Waals surface area (Å²) in [6, 6.07) is 4.79. The molecular formula is C17H16BrF3N4O. The number of nitrogens with one attached hydrogen (secondary N) is 4. The minimum absolute atomic E-state index is 0.0428. The highest BCUT2D eigenvalue weighted by atomic mass is 79.9. The van der Waals surface area contributed by atoms with E-state index >= 15 is 0 Å². The van der Waals surface area contributed by atoms with Gasteiger partial charge in [-0.3, -0.25) is 4.79 Å². The molecule has 138 valence electrons. The fraction of sp³-hybridized carbons (Fsp3) is 0.235. The molecule has 1 unspecified atom stereocenters. The first-order valence-electron chi connectivity index (χ1n) is 7.86. The molecule has 0 saturated heterocycles. The van der Waals surface area contributed by atoms with Gasteiger partial charge in [-0.15, -0.1) is 0 Å². The zero-order chi connectivity index (χ0) is 18.8. The van der Waals surface area contributed by atoms with Crippen LogP contribution in [0.5, 0.6) is 0 Å². The maximum Gasteiger partial charge on any atom is 0.257 e. The highest BCUT2D eigenvalue weighted by Crippen LogP contribution is 2.37. The van der Waals surface area contributed by atoms with Crippen LogP contribution in [0.1, 0.15) is 16.8 Å². The Morgan fingerprint density at radius 3 is 2.58 bits per heavy atom. The van der Waals surface area contributed by atoms with E-state index in [0.29, 0.717) is 18.7 Å². The van der Waals surface area contributed by atoms with Crippen molar-refractivity contribution < 1.29 is 18.0 Å². The second-order valence-corrected chi connectivity index (χ2v) is 6.64. The van der Waals surface area contributed by atoms with E-state index in [-0.39, 0.29) is 27.6 Å². The van der Waals surface area contributed by atoms with Crippen LogP contribution in [0.15, 0.2) is 28.7 Å². The molecule has 1 aliphatic heterocycles. The van der Waals surface area contributed by atoms with Crippen LogP contribution in [0.25, 0.3) is 0 Å². The van der Waals surface area contributed by atoms with E-state index in [1.807, 2.05) is 0 Å². The van der Waals surface area contributed by atoms with Crippen LogP contribution in [-0.4, -0.2) is 25.7 Å². The van der Waals surface area contributed by atoms with Crippen molar-refractivity contribution in [1.82, 2.24) is 5.32 Å². The monoisotopic (exact) mass is 428 g/mol. The third-order valence-electron chi connectivity index (χ3n) is 3.96. The average Bonchev–Trinajstić information content (AvgIpc) is 3.03. The maximum absolute atomic E-state index is 14.1. The van der Waals surface area contributed by atoms with Crippen LogP contribution in [0.2, 0.25) is 0 Å². The first-order chi connectivity index (χ1) is 12.4. The molecule has 0 aromatic heterocycles. The van der Waals surface area contributed by atoms with Crippen molar-refractivity contribution in [2.75, 3.05) is 29.5 Å². The zero-order valence-electron chi connectivity index (χ0n) is 13.7. The summed E-state index contributed by atoms with van der Waals surface area (Å²) in [6.07, 6.45) is 0.262. The number of amides is 1. The predicted octanol–water partition coefficient (Wildman–Crippen LogP) is 3.89. The van der Waals surface area contributed by atoms with Crippen molar-refractivity contribution in [3.05, 3.63) is 51.8 Å². The van der Waals surface area contributed by atoms with Crippen molar-refractivity contribution >= 4 is 38.9 Å². The highest BCUT2D eigenvalue weighted by molar-refractivity contribution is 9.10. The number of halogens is 4. The lowest BCUT2D eigenvalue weighted by atomic mass is 10.1. The molecule has 2 aromatic rings. The van der Waals surface area contributed by atoms with Gasteiger partial charge in [0.05, 0.1) is 27.6 Å². The molecule has 0 saturated carbocycles. The van der Waals surface area contributed by atoms with Gasteiger partial charge in [0.2, 0.25) is 0 Å². The van der Waals surface area contributed by atoms with Gasteiger partial charge in [0.15, 0.2) is 11.6 Å². The summed E-state index contributed by atoms with van der Waals surface area (Å²) in [5.74, 6) is -3.28. The maximum atomic E-state index is 14.1. The van der Waals surface area contributed by atoms with Gasteiger partial charge in [-0.05, 0) is 60.2 Å². The SMILES string of the molecule is CNCCC1Nc2c(C(=O)Nc3ccc(F)c(Br)c3)cc(F)c(F)c2N1. The third-order valence-corrected chi connectivity index (χ3v) is 4.57. The summed E-state index contributed by atoms with van der Waals surface area (Å²) in [5.41, 5.74) is 0.401. The smallest absolute Gasteiger partial charge is 0.257 e. The molecule has 0 bridgehead atoms. The number of hydrogen-bond donors (Lipinski definition) is 4. The Morgan fingerprint density at radius 1 is 1.15 bits per heavy atom.